The van der Waals surface area contributed by atoms with Crippen molar-refractivity contribution >= 4 is 17.3 Å². The zero-order chi connectivity index (χ0) is 17.6. The van der Waals surface area contributed by atoms with E-state index in [-0.39, 0.29) is 5.97 Å². The molecule has 0 saturated heterocycles. The van der Waals surface area contributed by atoms with Crippen molar-refractivity contribution < 1.29 is 9.53 Å². The second kappa shape index (κ2) is 7.53. The third kappa shape index (κ3) is 3.80. The average Bonchev–Trinajstić information content (AvgIpc) is 2.67. The first-order valence-corrected chi connectivity index (χ1v) is 7.94. The maximum Gasteiger partial charge on any atom is 0.337 e. The summed E-state index contributed by atoms with van der Waals surface area (Å²) in [5.41, 5.74) is 5.13. The van der Waals surface area contributed by atoms with E-state index in [9.17, 15) is 4.79 Å². The Labute approximate surface area is 146 Å². The smallest absolute Gasteiger partial charge is 0.337 e. The van der Waals surface area contributed by atoms with E-state index in [1.807, 2.05) is 67.6 Å². The summed E-state index contributed by atoms with van der Waals surface area (Å²) < 4.78 is 4.73. The van der Waals surface area contributed by atoms with Crippen molar-refractivity contribution in [1.82, 2.24) is 0 Å². The minimum absolute atomic E-state index is 0.348. The SMILES string of the molecule is COC(=O)c1ccc(-c2ccccc2N=Nc2ccccc2C)cc1. The van der Waals surface area contributed by atoms with Crippen LogP contribution in [0.1, 0.15) is 15.9 Å². The first kappa shape index (κ1) is 16.6. The fraction of sp³-hybridized carbons (Fsp3) is 0.0952. The lowest BCUT2D eigenvalue weighted by atomic mass is 10.0. The average molecular weight is 330 g/mol. The second-order valence-electron chi connectivity index (χ2n) is 5.57. The van der Waals surface area contributed by atoms with E-state index in [0.29, 0.717) is 5.56 Å². The number of hydrogen-bond donors (Lipinski definition) is 0. The maximum absolute atomic E-state index is 11.6. The predicted molar refractivity (Wildman–Crippen MR) is 98.6 cm³/mol. The van der Waals surface area contributed by atoms with Crippen molar-refractivity contribution in [3.8, 4) is 11.1 Å². The number of azo groups is 1. The van der Waals surface area contributed by atoms with Crippen LogP contribution in [0.3, 0.4) is 0 Å². The van der Waals surface area contributed by atoms with Crippen LogP contribution in [0, 0.1) is 6.92 Å². The van der Waals surface area contributed by atoms with Crippen LogP contribution in [-0.4, -0.2) is 13.1 Å². The normalized spacial score (nSPS) is 10.8. The molecule has 124 valence electrons. The van der Waals surface area contributed by atoms with Gasteiger partial charge in [0.25, 0.3) is 0 Å². The maximum atomic E-state index is 11.6. The topological polar surface area (TPSA) is 51.0 Å². The molecule has 25 heavy (non-hydrogen) atoms. The summed E-state index contributed by atoms with van der Waals surface area (Å²) in [5.74, 6) is -0.348. The zero-order valence-electron chi connectivity index (χ0n) is 14.1. The highest BCUT2D eigenvalue weighted by Gasteiger charge is 2.08. The lowest BCUT2D eigenvalue weighted by Crippen LogP contribution is -2.00. The third-order valence-corrected chi connectivity index (χ3v) is 3.90. The molecule has 3 aromatic carbocycles. The Balaban J connectivity index is 1.94. The zero-order valence-corrected chi connectivity index (χ0v) is 14.1. The number of nitrogens with zero attached hydrogens (tertiary/aromatic N) is 2. The summed E-state index contributed by atoms with van der Waals surface area (Å²) in [5, 5.41) is 8.79. The molecule has 3 rings (SSSR count). The molecule has 0 saturated carbocycles. The molecule has 0 fully saturated rings. The highest BCUT2D eigenvalue weighted by molar-refractivity contribution is 5.90. The molecule has 4 heteroatoms. The molecule has 0 aliphatic carbocycles. The summed E-state index contributed by atoms with van der Waals surface area (Å²) in [6.07, 6.45) is 0. The molecule has 0 amide bonds. The Morgan fingerprint density at radius 3 is 2.08 bits per heavy atom. The Hall–Kier alpha value is -3.27. The molecule has 0 aliphatic rings. The van der Waals surface area contributed by atoms with Gasteiger partial charge in [-0.15, -0.1) is 5.11 Å². The van der Waals surface area contributed by atoms with Gasteiger partial charge < -0.3 is 4.74 Å². The Kier molecular flexibility index (Phi) is 5.00. The van der Waals surface area contributed by atoms with Gasteiger partial charge in [0.05, 0.1) is 24.0 Å². The largest absolute Gasteiger partial charge is 0.465 e. The second-order valence-corrected chi connectivity index (χ2v) is 5.57. The number of methoxy groups -OCH3 is 1. The van der Waals surface area contributed by atoms with E-state index >= 15 is 0 Å². The fourth-order valence-corrected chi connectivity index (χ4v) is 2.49. The van der Waals surface area contributed by atoms with Crippen LogP contribution in [0.4, 0.5) is 11.4 Å². The van der Waals surface area contributed by atoms with Gasteiger partial charge in [0.2, 0.25) is 0 Å². The molecule has 0 unspecified atom stereocenters. The number of rotatable bonds is 4. The van der Waals surface area contributed by atoms with E-state index < -0.39 is 0 Å². The molecule has 4 nitrogen and oxygen atoms in total. The van der Waals surface area contributed by atoms with Gasteiger partial charge in [-0.05, 0) is 42.3 Å². The van der Waals surface area contributed by atoms with Gasteiger partial charge in [0.1, 0.15) is 0 Å². The number of carbonyl (C=O) groups is 1. The molecular weight excluding hydrogens is 312 g/mol. The van der Waals surface area contributed by atoms with Crippen LogP contribution in [0.15, 0.2) is 83.0 Å². The summed E-state index contributed by atoms with van der Waals surface area (Å²) >= 11 is 0. The molecule has 0 radical (unpaired) electrons. The summed E-state index contributed by atoms with van der Waals surface area (Å²) in [7, 11) is 1.37. The molecular formula is C21H18N2O2. The molecule has 0 atom stereocenters. The standard InChI is InChI=1S/C21H18N2O2/c1-15-7-3-5-9-19(15)22-23-20-10-6-4-8-18(20)16-11-13-17(14-12-16)21(24)25-2/h3-14H,1-2H3. The van der Waals surface area contributed by atoms with Crippen molar-refractivity contribution in [3.63, 3.8) is 0 Å². The number of benzene rings is 3. The molecule has 0 bridgehead atoms. The highest BCUT2D eigenvalue weighted by atomic mass is 16.5. The lowest BCUT2D eigenvalue weighted by Gasteiger charge is -2.06. The van der Waals surface area contributed by atoms with Gasteiger partial charge in [0.15, 0.2) is 0 Å². The number of aryl methyl sites for hydroxylation is 1. The van der Waals surface area contributed by atoms with Crippen LogP contribution in [-0.2, 0) is 4.74 Å². The first-order valence-electron chi connectivity index (χ1n) is 7.94. The van der Waals surface area contributed by atoms with Gasteiger partial charge in [-0.3, -0.25) is 0 Å². The van der Waals surface area contributed by atoms with Gasteiger partial charge in [-0.1, -0.05) is 48.5 Å². The predicted octanol–water partition coefficient (Wildman–Crippen LogP) is 5.86. The minimum Gasteiger partial charge on any atom is -0.465 e. The van der Waals surface area contributed by atoms with E-state index in [0.717, 1.165) is 28.1 Å². The molecule has 3 aromatic rings. The summed E-state index contributed by atoms with van der Waals surface area (Å²) in [4.78, 5) is 11.6. The van der Waals surface area contributed by atoms with Crippen LogP contribution in [0.25, 0.3) is 11.1 Å². The van der Waals surface area contributed by atoms with Crippen molar-refractivity contribution in [1.29, 1.82) is 0 Å². The lowest BCUT2D eigenvalue weighted by molar-refractivity contribution is 0.0601. The van der Waals surface area contributed by atoms with E-state index in [2.05, 4.69) is 10.2 Å². The fourth-order valence-electron chi connectivity index (χ4n) is 2.49. The van der Waals surface area contributed by atoms with E-state index in [1.165, 1.54) is 7.11 Å². The molecule has 0 aromatic heterocycles. The number of ether oxygens (including phenoxy) is 1. The van der Waals surface area contributed by atoms with Crippen LogP contribution < -0.4 is 0 Å². The molecule has 0 spiro atoms. The number of hydrogen-bond acceptors (Lipinski definition) is 4. The van der Waals surface area contributed by atoms with E-state index in [4.69, 9.17) is 4.74 Å². The summed E-state index contributed by atoms with van der Waals surface area (Å²) in [6.45, 7) is 2.01. The molecule has 0 heterocycles. The number of carbonyl (C=O) groups excluding carboxylic acids is 1. The quantitative estimate of drug-likeness (QED) is 0.444. The first-order chi connectivity index (χ1) is 12.2. The molecule has 0 N–H and O–H groups in total. The van der Waals surface area contributed by atoms with Crippen LogP contribution in [0.5, 0.6) is 0 Å². The van der Waals surface area contributed by atoms with Crippen molar-refractivity contribution in [2.75, 3.05) is 7.11 Å². The van der Waals surface area contributed by atoms with Crippen molar-refractivity contribution in [3.05, 3.63) is 83.9 Å². The van der Waals surface area contributed by atoms with Crippen LogP contribution in [0.2, 0.25) is 0 Å². The van der Waals surface area contributed by atoms with Gasteiger partial charge in [0, 0.05) is 5.56 Å². The van der Waals surface area contributed by atoms with Crippen LogP contribution >= 0.6 is 0 Å². The summed E-state index contributed by atoms with van der Waals surface area (Å²) in [6, 6.07) is 22.9. The van der Waals surface area contributed by atoms with Gasteiger partial charge in [-0.2, -0.15) is 5.11 Å². The Morgan fingerprint density at radius 1 is 0.800 bits per heavy atom. The molecule has 0 aliphatic heterocycles. The highest BCUT2D eigenvalue weighted by Crippen LogP contribution is 2.32. The van der Waals surface area contributed by atoms with Gasteiger partial charge in [-0.25, -0.2) is 4.79 Å². The van der Waals surface area contributed by atoms with Crippen molar-refractivity contribution in [2.45, 2.75) is 6.92 Å². The Bertz CT molecular complexity index is 915. The monoisotopic (exact) mass is 330 g/mol. The number of esters is 1. The third-order valence-electron chi connectivity index (χ3n) is 3.90. The van der Waals surface area contributed by atoms with Gasteiger partial charge >= 0.3 is 5.97 Å². The van der Waals surface area contributed by atoms with E-state index in [1.54, 1.807) is 12.1 Å². The minimum atomic E-state index is -0.348. The Morgan fingerprint density at radius 2 is 1.40 bits per heavy atom. The van der Waals surface area contributed by atoms with Crippen molar-refractivity contribution in [2.24, 2.45) is 10.2 Å².